The first kappa shape index (κ1) is 19.0. The highest BCUT2D eigenvalue weighted by Crippen LogP contribution is 2.45. The summed E-state index contributed by atoms with van der Waals surface area (Å²) >= 11 is 13.0. The van der Waals surface area contributed by atoms with Crippen LogP contribution in [0, 0.1) is 0 Å². The van der Waals surface area contributed by atoms with E-state index in [2.05, 4.69) is 26.2 Å². The Kier molecular flexibility index (Phi) is 4.64. The summed E-state index contributed by atoms with van der Waals surface area (Å²) in [5.74, 6) is 2.10. The highest BCUT2D eigenvalue weighted by molar-refractivity contribution is 6.40. The number of aromatic nitrogens is 4. The average Bonchev–Trinajstić information content (AvgIpc) is 3.40. The fraction of sp³-hybridized carbons (Fsp3) is 0.190. The lowest BCUT2D eigenvalue weighted by molar-refractivity contribution is 0.357. The van der Waals surface area contributed by atoms with Crippen LogP contribution in [0.3, 0.4) is 0 Å². The Morgan fingerprint density at radius 2 is 1.83 bits per heavy atom. The summed E-state index contributed by atoms with van der Waals surface area (Å²) in [6, 6.07) is 7.66. The number of aromatic amines is 1. The molecule has 9 heteroatoms. The molecule has 0 bridgehead atoms. The van der Waals surface area contributed by atoms with Crippen molar-refractivity contribution in [1.82, 2.24) is 20.2 Å². The number of rotatable bonds is 4. The number of ether oxygens (including phenoxy) is 3. The van der Waals surface area contributed by atoms with Crippen LogP contribution >= 0.6 is 23.2 Å². The van der Waals surface area contributed by atoms with Crippen molar-refractivity contribution in [3.63, 3.8) is 0 Å². The molecule has 0 fully saturated rings. The minimum Gasteiger partial charge on any atom is -0.495 e. The highest BCUT2D eigenvalue weighted by Gasteiger charge is 2.22. The van der Waals surface area contributed by atoms with Crippen molar-refractivity contribution >= 4 is 34.2 Å². The Balaban J connectivity index is 1.63. The summed E-state index contributed by atoms with van der Waals surface area (Å²) < 4.78 is 16.3. The van der Waals surface area contributed by atoms with E-state index in [1.807, 2.05) is 12.1 Å². The van der Waals surface area contributed by atoms with Gasteiger partial charge in [-0.3, -0.25) is 5.10 Å². The molecule has 5 rings (SSSR count). The van der Waals surface area contributed by atoms with Gasteiger partial charge in [-0.25, -0.2) is 9.97 Å². The number of nitrogens with one attached hydrogen (secondary N) is 1. The predicted octanol–water partition coefficient (Wildman–Crippen LogP) is 4.95. The van der Waals surface area contributed by atoms with Gasteiger partial charge in [-0.15, -0.1) is 0 Å². The summed E-state index contributed by atoms with van der Waals surface area (Å²) in [5, 5.41) is 8.84. The van der Waals surface area contributed by atoms with Gasteiger partial charge >= 0.3 is 0 Å². The third-order valence-electron chi connectivity index (χ3n) is 5.08. The van der Waals surface area contributed by atoms with Gasteiger partial charge in [-0.05, 0) is 23.8 Å². The van der Waals surface area contributed by atoms with Crippen molar-refractivity contribution in [2.75, 3.05) is 20.8 Å². The van der Waals surface area contributed by atoms with Gasteiger partial charge in [0.25, 0.3) is 0 Å². The zero-order valence-corrected chi connectivity index (χ0v) is 17.6. The van der Waals surface area contributed by atoms with Gasteiger partial charge in [0.05, 0.1) is 41.8 Å². The largest absolute Gasteiger partial charge is 0.495 e. The van der Waals surface area contributed by atoms with Crippen LogP contribution in [0.15, 0.2) is 30.5 Å². The van der Waals surface area contributed by atoms with Gasteiger partial charge in [-0.2, -0.15) is 5.10 Å². The Labute approximate surface area is 181 Å². The molecular weight excluding hydrogens is 427 g/mol. The first-order valence-electron chi connectivity index (χ1n) is 9.18. The molecule has 3 heterocycles. The smallest absolute Gasteiger partial charge is 0.164 e. The molecule has 0 radical (unpaired) electrons. The number of halogens is 2. The van der Waals surface area contributed by atoms with E-state index >= 15 is 0 Å². The summed E-state index contributed by atoms with van der Waals surface area (Å²) in [6.07, 6.45) is 2.60. The zero-order chi connectivity index (χ0) is 20.8. The molecule has 7 nitrogen and oxygen atoms in total. The lowest BCUT2D eigenvalue weighted by atomic mass is 10.0. The van der Waals surface area contributed by atoms with Gasteiger partial charge in [0.15, 0.2) is 11.5 Å². The molecule has 30 heavy (non-hydrogen) atoms. The Hall–Kier alpha value is -3.03. The maximum Gasteiger partial charge on any atom is 0.164 e. The number of benzene rings is 2. The van der Waals surface area contributed by atoms with E-state index in [4.69, 9.17) is 37.4 Å². The van der Waals surface area contributed by atoms with Crippen LogP contribution in [0.4, 0.5) is 0 Å². The number of hydrogen-bond donors (Lipinski definition) is 1. The highest BCUT2D eigenvalue weighted by atomic mass is 35.5. The summed E-state index contributed by atoms with van der Waals surface area (Å²) in [7, 11) is 3.04. The van der Waals surface area contributed by atoms with E-state index < -0.39 is 0 Å². The van der Waals surface area contributed by atoms with Gasteiger partial charge in [-0.1, -0.05) is 23.2 Å². The Morgan fingerprint density at radius 3 is 2.57 bits per heavy atom. The molecule has 0 atom stereocenters. The predicted molar refractivity (Wildman–Crippen MR) is 115 cm³/mol. The number of fused-ring (bicyclic) bond motifs is 2. The average molecular weight is 443 g/mol. The van der Waals surface area contributed by atoms with E-state index in [0.717, 1.165) is 28.8 Å². The molecular formula is C21H16Cl2N4O3. The van der Waals surface area contributed by atoms with Crippen LogP contribution in [0.2, 0.25) is 10.0 Å². The van der Waals surface area contributed by atoms with Gasteiger partial charge in [0.2, 0.25) is 0 Å². The molecule has 4 aromatic rings. The van der Waals surface area contributed by atoms with Crippen LogP contribution in [0.5, 0.6) is 17.2 Å². The summed E-state index contributed by atoms with van der Waals surface area (Å²) in [6.45, 7) is 0.706. The fourth-order valence-corrected chi connectivity index (χ4v) is 4.24. The summed E-state index contributed by atoms with van der Waals surface area (Å²) in [5.41, 5.74) is 3.92. The normalized spacial score (nSPS) is 12.7. The molecule has 2 aromatic carbocycles. The minimum atomic E-state index is 0.306. The maximum atomic E-state index is 6.50. The SMILES string of the molecule is COc1cc(OC)c(Cl)c(-c2ncc3c(-c4ccc5c(c4)CCO5)n[nH]c3n2)c1Cl. The molecule has 0 spiro atoms. The monoisotopic (exact) mass is 442 g/mol. The third kappa shape index (κ3) is 2.93. The molecule has 0 saturated heterocycles. The van der Waals surface area contributed by atoms with Gasteiger partial charge < -0.3 is 14.2 Å². The van der Waals surface area contributed by atoms with Crippen molar-refractivity contribution < 1.29 is 14.2 Å². The zero-order valence-electron chi connectivity index (χ0n) is 16.1. The number of H-pyrrole nitrogens is 1. The number of methoxy groups -OCH3 is 2. The molecule has 1 N–H and O–H groups in total. The molecule has 152 valence electrons. The second-order valence-corrected chi connectivity index (χ2v) is 7.49. The molecule has 2 aromatic heterocycles. The summed E-state index contributed by atoms with van der Waals surface area (Å²) in [4.78, 5) is 9.11. The van der Waals surface area contributed by atoms with Gasteiger partial charge in [0, 0.05) is 24.2 Å². The second-order valence-electron chi connectivity index (χ2n) is 6.73. The number of nitrogens with zero attached hydrogens (tertiary/aromatic N) is 3. The first-order valence-corrected chi connectivity index (χ1v) is 9.94. The van der Waals surface area contributed by atoms with Crippen LogP contribution < -0.4 is 14.2 Å². The van der Waals surface area contributed by atoms with Crippen LogP contribution in [0.25, 0.3) is 33.7 Å². The Morgan fingerprint density at radius 1 is 1.07 bits per heavy atom. The van der Waals surface area contributed by atoms with E-state index in [1.165, 1.54) is 19.8 Å². The van der Waals surface area contributed by atoms with Crippen molar-refractivity contribution in [1.29, 1.82) is 0 Å². The lowest BCUT2D eigenvalue weighted by Crippen LogP contribution is -1.96. The van der Waals surface area contributed by atoms with E-state index in [0.29, 0.717) is 45.2 Å². The fourth-order valence-electron chi connectivity index (χ4n) is 3.57. The van der Waals surface area contributed by atoms with Crippen molar-refractivity contribution in [2.24, 2.45) is 0 Å². The molecule has 1 aliphatic heterocycles. The van der Waals surface area contributed by atoms with Gasteiger partial charge in [0.1, 0.15) is 22.9 Å². The number of hydrogen-bond acceptors (Lipinski definition) is 6. The van der Waals surface area contributed by atoms with Crippen molar-refractivity contribution in [3.05, 3.63) is 46.1 Å². The molecule has 0 amide bonds. The van der Waals surface area contributed by atoms with E-state index in [9.17, 15) is 0 Å². The minimum absolute atomic E-state index is 0.306. The third-order valence-corrected chi connectivity index (χ3v) is 5.83. The molecule has 0 aliphatic carbocycles. The molecule has 0 unspecified atom stereocenters. The first-order chi connectivity index (χ1) is 14.6. The van der Waals surface area contributed by atoms with Crippen LogP contribution in [-0.4, -0.2) is 41.0 Å². The maximum absolute atomic E-state index is 6.50. The molecule has 1 aliphatic rings. The van der Waals surface area contributed by atoms with Crippen LogP contribution in [-0.2, 0) is 6.42 Å². The van der Waals surface area contributed by atoms with Crippen molar-refractivity contribution in [2.45, 2.75) is 6.42 Å². The quantitative estimate of drug-likeness (QED) is 0.481. The topological polar surface area (TPSA) is 82.1 Å². The van der Waals surface area contributed by atoms with E-state index in [1.54, 1.807) is 12.3 Å². The Bertz CT molecular complexity index is 1260. The molecule has 0 saturated carbocycles. The lowest BCUT2D eigenvalue weighted by Gasteiger charge is -2.13. The van der Waals surface area contributed by atoms with Crippen molar-refractivity contribution in [3.8, 4) is 39.9 Å². The second kappa shape index (κ2) is 7.34. The van der Waals surface area contributed by atoms with Crippen LogP contribution in [0.1, 0.15) is 5.56 Å². The van der Waals surface area contributed by atoms with E-state index in [-0.39, 0.29) is 0 Å². The standard InChI is InChI=1S/C21H16Cl2N4O3/c1-28-14-8-15(29-2)18(23)16(17(14)22)21-24-9-12-19(26-27-20(12)25-21)11-3-4-13-10(7-11)5-6-30-13/h3-4,7-9H,5-6H2,1-2H3,(H,24,25,26,27).